The Morgan fingerprint density at radius 1 is 0.971 bits per heavy atom. The van der Waals surface area contributed by atoms with E-state index in [1.807, 2.05) is 4.90 Å². The summed E-state index contributed by atoms with van der Waals surface area (Å²) in [7, 11) is -4.21. The van der Waals surface area contributed by atoms with Crippen LogP contribution >= 0.6 is 0 Å². The molecule has 0 aliphatic carbocycles. The Labute approximate surface area is 202 Å². The third-order valence-electron chi connectivity index (χ3n) is 5.79. The Bertz CT molecular complexity index is 1300. The summed E-state index contributed by atoms with van der Waals surface area (Å²) >= 11 is 0. The van der Waals surface area contributed by atoms with Gasteiger partial charge < -0.3 is 10.6 Å². The summed E-state index contributed by atoms with van der Waals surface area (Å²) in [5.74, 6) is 0.248. The Morgan fingerprint density at radius 3 is 2.54 bits per heavy atom. The molecule has 0 unspecified atom stereocenters. The highest BCUT2D eigenvalue weighted by Gasteiger charge is 2.35. The Hall–Kier alpha value is -3.18. The number of fused-ring (bicyclic) bond motifs is 6. The number of rotatable bonds is 2. The number of hydrogen-bond acceptors (Lipinski definition) is 6. The average Bonchev–Trinajstić information content (AvgIpc) is 2.82. The number of nitrogens with two attached hydrogens (primary N) is 1. The van der Waals surface area contributed by atoms with Crippen LogP contribution in [0.1, 0.15) is 30.4 Å². The fraction of sp³-hybridized carbons (Fsp3) is 0.333. The average molecular weight is 506 g/mol. The summed E-state index contributed by atoms with van der Waals surface area (Å²) in [5, 5.41) is -0.257. The summed E-state index contributed by atoms with van der Waals surface area (Å²) in [5.41, 5.74) is 5.58. The van der Waals surface area contributed by atoms with Gasteiger partial charge in [-0.25, -0.2) is 9.97 Å². The zero-order chi connectivity index (χ0) is 25.1. The molecule has 4 rings (SSSR count). The van der Waals surface area contributed by atoms with E-state index in [-0.39, 0.29) is 16.5 Å². The van der Waals surface area contributed by atoms with E-state index in [9.17, 15) is 21.6 Å². The molecule has 11 heteroatoms. The molecular weight excluding hydrogens is 479 g/mol. The molecule has 3 heterocycles. The van der Waals surface area contributed by atoms with E-state index in [1.165, 1.54) is 6.07 Å². The summed E-state index contributed by atoms with van der Waals surface area (Å²) < 4.78 is 70.0. The van der Waals surface area contributed by atoms with Crippen molar-refractivity contribution < 1.29 is 21.6 Å². The van der Waals surface area contributed by atoms with E-state index >= 15 is 0 Å². The van der Waals surface area contributed by atoms with Crippen molar-refractivity contribution in [2.45, 2.75) is 36.9 Å². The van der Waals surface area contributed by atoms with Crippen LogP contribution in [-0.2, 0) is 22.6 Å². The molecule has 0 spiro atoms. The number of anilines is 2. The first-order valence-corrected chi connectivity index (χ1v) is 12.8. The predicted molar refractivity (Wildman–Crippen MR) is 129 cm³/mol. The molecule has 35 heavy (non-hydrogen) atoms. The first-order chi connectivity index (χ1) is 16.7. The molecule has 0 saturated carbocycles. The number of nitrogens with one attached hydrogen (secondary N) is 1. The monoisotopic (exact) mass is 505 g/mol. The number of sulfonamides is 1. The zero-order valence-corrected chi connectivity index (χ0v) is 19.7. The Kier molecular flexibility index (Phi) is 7.27. The zero-order valence-electron chi connectivity index (χ0n) is 18.9. The molecule has 7 nitrogen and oxygen atoms in total. The summed E-state index contributed by atoms with van der Waals surface area (Å²) in [6.07, 6.45) is -1.70. The van der Waals surface area contributed by atoms with Gasteiger partial charge >= 0.3 is 6.18 Å². The highest BCUT2D eigenvalue weighted by Crippen LogP contribution is 2.38. The number of alkyl halides is 3. The number of halogens is 3. The minimum absolute atomic E-state index is 0.221. The van der Waals surface area contributed by atoms with Crippen LogP contribution in [0.2, 0.25) is 0 Å². The Balaban J connectivity index is 1.85. The highest BCUT2D eigenvalue weighted by molar-refractivity contribution is 7.92. The maximum atomic E-state index is 13.9. The lowest BCUT2D eigenvalue weighted by Gasteiger charge is -2.24. The molecule has 0 amide bonds. The van der Waals surface area contributed by atoms with Gasteiger partial charge in [-0.1, -0.05) is 36.8 Å². The lowest BCUT2D eigenvalue weighted by atomic mass is 9.96. The van der Waals surface area contributed by atoms with E-state index in [0.717, 1.165) is 37.0 Å². The largest absolute Gasteiger partial charge is 0.418 e. The molecule has 1 aliphatic rings. The van der Waals surface area contributed by atoms with Crippen LogP contribution in [0.5, 0.6) is 0 Å². The van der Waals surface area contributed by atoms with Crippen molar-refractivity contribution in [1.82, 2.24) is 9.97 Å². The van der Waals surface area contributed by atoms with Gasteiger partial charge in [0.05, 0.1) is 11.3 Å². The SMILES string of the molecule is NCCN1CCCCCc2ccccc2-c2nc(ccc2C(F)(F)F)NS(=O)(=O)c2cccc1n2. The first kappa shape index (κ1) is 24.9. The van der Waals surface area contributed by atoms with Gasteiger partial charge in [-0.2, -0.15) is 21.6 Å². The van der Waals surface area contributed by atoms with Crippen LogP contribution < -0.4 is 15.4 Å². The lowest BCUT2D eigenvalue weighted by molar-refractivity contribution is -0.137. The molecule has 0 saturated heterocycles. The Morgan fingerprint density at radius 2 is 1.77 bits per heavy atom. The van der Waals surface area contributed by atoms with Crippen LogP contribution in [0.15, 0.2) is 59.6 Å². The van der Waals surface area contributed by atoms with E-state index in [1.54, 1.807) is 36.4 Å². The van der Waals surface area contributed by atoms with Gasteiger partial charge in [-0.05, 0) is 49.1 Å². The van der Waals surface area contributed by atoms with E-state index in [0.29, 0.717) is 37.4 Å². The number of nitrogens with zero attached hydrogens (tertiary/aromatic N) is 3. The smallest absolute Gasteiger partial charge is 0.355 e. The van der Waals surface area contributed by atoms with E-state index < -0.39 is 21.8 Å². The molecule has 0 atom stereocenters. The lowest BCUT2D eigenvalue weighted by Crippen LogP contribution is -2.31. The van der Waals surface area contributed by atoms with Crippen molar-refractivity contribution in [2.75, 3.05) is 29.3 Å². The van der Waals surface area contributed by atoms with Gasteiger partial charge in [0, 0.05) is 25.2 Å². The minimum Gasteiger partial charge on any atom is -0.355 e. The van der Waals surface area contributed by atoms with Crippen LogP contribution in [0, 0.1) is 0 Å². The molecule has 3 aromatic rings. The maximum absolute atomic E-state index is 13.9. The number of benzene rings is 1. The summed E-state index contributed by atoms with van der Waals surface area (Å²) in [6, 6.07) is 13.3. The number of aromatic nitrogens is 2. The van der Waals surface area contributed by atoms with Crippen molar-refractivity contribution in [3.63, 3.8) is 0 Å². The van der Waals surface area contributed by atoms with Gasteiger partial charge in [0.25, 0.3) is 10.0 Å². The quantitative estimate of drug-likeness (QED) is 0.534. The second kappa shape index (κ2) is 10.2. The molecule has 2 aromatic heterocycles. The van der Waals surface area contributed by atoms with Gasteiger partial charge in [0.15, 0.2) is 5.03 Å². The molecule has 1 aliphatic heterocycles. The molecule has 3 N–H and O–H groups in total. The predicted octanol–water partition coefficient (Wildman–Crippen LogP) is 4.45. The second-order valence-corrected chi connectivity index (χ2v) is 9.90. The normalized spacial score (nSPS) is 16.3. The molecule has 0 radical (unpaired) electrons. The van der Waals surface area contributed by atoms with Crippen molar-refractivity contribution in [3.05, 3.63) is 65.7 Å². The number of pyridine rings is 2. The van der Waals surface area contributed by atoms with Crippen LogP contribution in [-0.4, -0.2) is 38.0 Å². The van der Waals surface area contributed by atoms with Crippen molar-refractivity contribution in [1.29, 1.82) is 0 Å². The van der Waals surface area contributed by atoms with Crippen molar-refractivity contribution >= 4 is 21.7 Å². The topological polar surface area (TPSA) is 101 Å². The fourth-order valence-corrected chi connectivity index (χ4v) is 5.10. The molecular formula is C24H26F3N5O2S. The van der Waals surface area contributed by atoms with Gasteiger partial charge in [-0.15, -0.1) is 0 Å². The van der Waals surface area contributed by atoms with Gasteiger partial charge in [-0.3, -0.25) is 4.72 Å². The van der Waals surface area contributed by atoms with Crippen LogP contribution in [0.25, 0.3) is 11.3 Å². The van der Waals surface area contributed by atoms with Gasteiger partial charge in [0.2, 0.25) is 0 Å². The van der Waals surface area contributed by atoms with Crippen molar-refractivity contribution in [2.24, 2.45) is 5.73 Å². The third kappa shape index (κ3) is 5.73. The van der Waals surface area contributed by atoms with E-state index in [4.69, 9.17) is 5.73 Å². The number of aryl methyl sites for hydroxylation is 1. The maximum Gasteiger partial charge on any atom is 0.418 e. The highest BCUT2D eigenvalue weighted by atomic mass is 32.2. The minimum atomic E-state index is -4.66. The van der Waals surface area contributed by atoms with Crippen molar-refractivity contribution in [3.8, 4) is 11.3 Å². The van der Waals surface area contributed by atoms with Crippen LogP contribution in [0.4, 0.5) is 24.8 Å². The fourth-order valence-electron chi connectivity index (χ4n) is 4.13. The molecule has 186 valence electrons. The molecule has 1 aromatic carbocycles. The van der Waals surface area contributed by atoms with Gasteiger partial charge in [0.1, 0.15) is 11.6 Å². The molecule has 4 bridgehead atoms. The standard InChI is InChI=1S/C24H26F3N5O2S/c25-24(26,27)19-12-13-20-29-23(19)18-9-4-3-8-17(18)7-2-1-5-15-32(16-14-28)21-10-6-11-22(30-21)35(33,34)31-20/h3-4,6,8-13H,1-2,5,7,14-16,28H2,(H,29,31). The molecule has 0 fully saturated rings. The van der Waals surface area contributed by atoms with E-state index in [2.05, 4.69) is 14.7 Å². The summed E-state index contributed by atoms with van der Waals surface area (Å²) in [6.45, 7) is 1.51. The number of hydrogen-bond donors (Lipinski definition) is 2. The van der Waals surface area contributed by atoms with Crippen LogP contribution in [0.3, 0.4) is 0 Å². The third-order valence-corrected chi connectivity index (χ3v) is 7.05. The first-order valence-electron chi connectivity index (χ1n) is 11.3. The summed E-state index contributed by atoms with van der Waals surface area (Å²) in [4.78, 5) is 10.4. The second-order valence-electron chi connectivity index (χ2n) is 8.27.